The maximum atomic E-state index is 13.5. The predicted molar refractivity (Wildman–Crippen MR) is 148 cm³/mol. The fourth-order valence-electron chi connectivity index (χ4n) is 5.38. The Morgan fingerprint density at radius 2 is 1.79 bits per heavy atom. The van der Waals surface area contributed by atoms with Gasteiger partial charge in [0.05, 0.1) is 34.5 Å². The average Bonchev–Trinajstić information content (AvgIpc) is 3.34. The molecule has 2 unspecified atom stereocenters. The molecule has 0 saturated carbocycles. The van der Waals surface area contributed by atoms with Crippen LogP contribution < -0.4 is 0 Å². The minimum absolute atomic E-state index is 0.0114. The minimum atomic E-state index is -0.581. The van der Waals surface area contributed by atoms with E-state index in [1.54, 1.807) is 6.07 Å². The molecule has 6 nitrogen and oxygen atoms in total. The van der Waals surface area contributed by atoms with E-state index in [9.17, 15) is 9.59 Å². The van der Waals surface area contributed by atoms with Crippen LogP contribution in [0.2, 0.25) is 15.1 Å². The van der Waals surface area contributed by atoms with Gasteiger partial charge in [-0.1, -0.05) is 46.9 Å². The number of nitrogens with zero attached hydrogens (tertiary/aromatic N) is 2. The van der Waals surface area contributed by atoms with Crippen LogP contribution >= 0.6 is 34.8 Å². The average molecular weight is 576 g/mol. The van der Waals surface area contributed by atoms with Crippen LogP contribution in [0.3, 0.4) is 0 Å². The molecule has 3 heterocycles. The molecule has 38 heavy (non-hydrogen) atoms. The van der Waals surface area contributed by atoms with E-state index in [1.807, 2.05) is 65.1 Å². The van der Waals surface area contributed by atoms with Gasteiger partial charge in [0.2, 0.25) is 5.91 Å². The van der Waals surface area contributed by atoms with Crippen LogP contribution in [-0.4, -0.2) is 41.0 Å². The summed E-state index contributed by atoms with van der Waals surface area (Å²) in [4.78, 5) is 27.3. The van der Waals surface area contributed by atoms with Crippen molar-refractivity contribution in [1.82, 2.24) is 9.47 Å². The summed E-state index contributed by atoms with van der Waals surface area (Å²) in [5, 5.41) is 1.41. The Labute approximate surface area is 237 Å². The molecule has 5 rings (SSSR count). The molecule has 1 aromatic heterocycles. The van der Waals surface area contributed by atoms with E-state index >= 15 is 0 Å². The van der Waals surface area contributed by atoms with Gasteiger partial charge in [-0.2, -0.15) is 0 Å². The third-order valence-electron chi connectivity index (χ3n) is 7.29. The standard InChI is InChI=1S/C29H29Cl3N2O4/c1-2-37-27(36)15-18-10-13-33(14-11-18)26(35)17-25-24-7-4-12-34(24)23-9-8-19(30)16-21(23)29(38-25)20-5-3-6-22(31)28(20)32/h3-9,12,16,18,25,29H,2,10-11,13-15,17H2,1H3. The number of aromatic nitrogens is 1. The monoisotopic (exact) mass is 574 g/mol. The summed E-state index contributed by atoms with van der Waals surface area (Å²) in [5.74, 6) is 0.0746. The highest BCUT2D eigenvalue weighted by atomic mass is 35.5. The Kier molecular flexibility index (Phi) is 8.34. The number of amides is 1. The highest BCUT2D eigenvalue weighted by Crippen LogP contribution is 2.45. The molecule has 0 spiro atoms. The van der Waals surface area contributed by atoms with Gasteiger partial charge in [0.25, 0.3) is 0 Å². The molecule has 9 heteroatoms. The zero-order chi connectivity index (χ0) is 26.8. The molecule has 1 saturated heterocycles. The Morgan fingerprint density at radius 1 is 1.00 bits per heavy atom. The van der Waals surface area contributed by atoms with Crippen molar-refractivity contribution in [2.75, 3.05) is 19.7 Å². The zero-order valence-corrected chi connectivity index (χ0v) is 23.3. The summed E-state index contributed by atoms with van der Waals surface area (Å²) in [6.07, 6.45) is 2.98. The van der Waals surface area contributed by atoms with Crippen LogP contribution in [-0.2, 0) is 19.1 Å². The first-order valence-corrected chi connectivity index (χ1v) is 14.0. The number of carbonyl (C=O) groups is 2. The van der Waals surface area contributed by atoms with Crippen molar-refractivity contribution >= 4 is 46.7 Å². The van der Waals surface area contributed by atoms with E-state index in [2.05, 4.69) is 0 Å². The number of piperidine rings is 1. The number of likely N-dealkylation sites (tertiary alicyclic amines) is 1. The van der Waals surface area contributed by atoms with Crippen LogP contribution in [0, 0.1) is 5.92 Å². The van der Waals surface area contributed by atoms with Gasteiger partial charge in [0.15, 0.2) is 0 Å². The molecule has 0 bridgehead atoms. The normalized spacial score (nSPS) is 19.4. The van der Waals surface area contributed by atoms with Gasteiger partial charge in [-0.15, -0.1) is 0 Å². The summed E-state index contributed by atoms with van der Waals surface area (Å²) >= 11 is 19.5. The molecule has 2 aliphatic rings. The number of fused-ring (bicyclic) bond motifs is 3. The van der Waals surface area contributed by atoms with Gasteiger partial charge in [-0.25, -0.2) is 0 Å². The lowest BCUT2D eigenvalue weighted by molar-refractivity contribution is -0.144. The number of hydrogen-bond donors (Lipinski definition) is 0. The van der Waals surface area contributed by atoms with Crippen LogP contribution in [0.15, 0.2) is 54.7 Å². The molecule has 1 fully saturated rings. The van der Waals surface area contributed by atoms with Gasteiger partial charge in [-0.05, 0) is 62.1 Å². The van der Waals surface area contributed by atoms with E-state index in [0.717, 1.165) is 29.8 Å². The lowest BCUT2D eigenvalue weighted by Gasteiger charge is -2.33. The summed E-state index contributed by atoms with van der Waals surface area (Å²) in [5.41, 5.74) is 3.34. The van der Waals surface area contributed by atoms with Crippen molar-refractivity contribution in [1.29, 1.82) is 0 Å². The first-order valence-electron chi connectivity index (χ1n) is 12.9. The number of rotatable bonds is 6. The maximum Gasteiger partial charge on any atom is 0.306 e. The SMILES string of the molecule is CCOC(=O)CC1CCN(C(=O)CC2OC(c3cccc(Cl)c3Cl)c3cc(Cl)ccc3-n3cccc32)CC1. The van der Waals surface area contributed by atoms with Crippen LogP contribution in [0.25, 0.3) is 5.69 Å². The second kappa shape index (κ2) is 11.7. The number of benzene rings is 2. The molecule has 2 aromatic carbocycles. The summed E-state index contributed by atoms with van der Waals surface area (Å²) in [7, 11) is 0. The number of esters is 1. The van der Waals surface area contributed by atoms with Crippen LogP contribution in [0.4, 0.5) is 0 Å². The smallest absolute Gasteiger partial charge is 0.306 e. The molecule has 0 N–H and O–H groups in total. The first kappa shape index (κ1) is 27.1. The Hall–Kier alpha value is -2.51. The van der Waals surface area contributed by atoms with Crippen LogP contribution in [0.1, 0.15) is 61.6 Å². The van der Waals surface area contributed by atoms with E-state index in [4.69, 9.17) is 44.3 Å². The molecular weight excluding hydrogens is 547 g/mol. The Bertz CT molecular complexity index is 1330. The number of hydrogen-bond acceptors (Lipinski definition) is 4. The second-order valence-electron chi connectivity index (χ2n) is 9.69. The largest absolute Gasteiger partial charge is 0.466 e. The highest BCUT2D eigenvalue weighted by Gasteiger charge is 2.34. The zero-order valence-electron chi connectivity index (χ0n) is 21.0. The molecule has 3 aromatic rings. The molecule has 2 aliphatic heterocycles. The number of ether oxygens (including phenoxy) is 2. The first-order chi connectivity index (χ1) is 18.4. The van der Waals surface area contributed by atoms with Crippen molar-refractivity contribution in [2.24, 2.45) is 5.92 Å². The van der Waals surface area contributed by atoms with Crippen molar-refractivity contribution in [3.8, 4) is 5.69 Å². The third kappa shape index (κ3) is 5.59. The molecule has 0 aliphatic carbocycles. The molecular formula is C29H29Cl3N2O4. The fraction of sp³-hybridized carbons (Fsp3) is 0.379. The predicted octanol–water partition coefficient (Wildman–Crippen LogP) is 7.18. The fourth-order valence-corrected chi connectivity index (χ4v) is 5.97. The Balaban J connectivity index is 1.40. The summed E-state index contributed by atoms with van der Waals surface area (Å²) < 4.78 is 13.9. The molecule has 1 amide bonds. The molecule has 200 valence electrons. The lowest BCUT2D eigenvalue weighted by Crippen LogP contribution is -2.39. The van der Waals surface area contributed by atoms with Gasteiger partial charge in [-0.3, -0.25) is 9.59 Å². The summed E-state index contributed by atoms with van der Waals surface area (Å²) in [6.45, 7) is 3.41. The minimum Gasteiger partial charge on any atom is -0.466 e. The van der Waals surface area contributed by atoms with Crippen molar-refractivity contribution in [3.63, 3.8) is 0 Å². The van der Waals surface area contributed by atoms with Gasteiger partial charge in [0.1, 0.15) is 12.2 Å². The van der Waals surface area contributed by atoms with E-state index in [1.165, 1.54) is 0 Å². The highest BCUT2D eigenvalue weighted by molar-refractivity contribution is 6.42. The quantitative estimate of drug-likeness (QED) is 0.292. The maximum absolute atomic E-state index is 13.5. The van der Waals surface area contributed by atoms with Crippen LogP contribution in [0.5, 0.6) is 0 Å². The lowest BCUT2D eigenvalue weighted by atomic mass is 9.93. The van der Waals surface area contributed by atoms with E-state index in [-0.39, 0.29) is 24.2 Å². The molecule has 2 atom stereocenters. The number of halogens is 3. The summed E-state index contributed by atoms with van der Waals surface area (Å²) in [6, 6.07) is 15.0. The topological polar surface area (TPSA) is 60.8 Å². The van der Waals surface area contributed by atoms with Crippen molar-refractivity contribution < 1.29 is 19.1 Å². The van der Waals surface area contributed by atoms with Crippen molar-refractivity contribution in [3.05, 3.63) is 86.6 Å². The molecule has 0 radical (unpaired) electrons. The Morgan fingerprint density at radius 3 is 2.55 bits per heavy atom. The van der Waals surface area contributed by atoms with E-state index < -0.39 is 12.2 Å². The van der Waals surface area contributed by atoms with Gasteiger partial charge >= 0.3 is 5.97 Å². The third-order valence-corrected chi connectivity index (χ3v) is 8.36. The van der Waals surface area contributed by atoms with E-state index in [0.29, 0.717) is 46.7 Å². The van der Waals surface area contributed by atoms with Gasteiger partial charge in [0, 0.05) is 41.9 Å². The number of carbonyl (C=O) groups excluding carboxylic acids is 2. The van der Waals surface area contributed by atoms with Gasteiger partial charge < -0.3 is 18.9 Å². The van der Waals surface area contributed by atoms with Crippen molar-refractivity contribution in [2.45, 2.75) is 44.8 Å². The second-order valence-corrected chi connectivity index (χ2v) is 10.9.